The highest BCUT2D eigenvalue weighted by Crippen LogP contribution is 2.38. The molecule has 8 rings (SSSR count). The summed E-state index contributed by atoms with van der Waals surface area (Å²) in [5, 5.41) is 0. The van der Waals surface area contributed by atoms with Crippen LogP contribution in [-0.2, 0) is 0 Å². The first kappa shape index (κ1) is 30.1. The van der Waals surface area contributed by atoms with E-state index in [1.807, 2.05) is 0 Å². The maximum Gasteiger partial charge on any atom is 0.0716 e. The van der Waals surface area contributed by atoms with Gasteiger partial charge in [0.25, 0.3) is 0 Å². The molecule has 0 aliphatic carbocycles. The topological polar surface area (TPSA) is 12.9 Å². The van der Waals surface area contributed by atoms with Crippen LogP contribution in [0.2, 0.25) is 0 Å². The summed E-state index contributed by atoms with van der Waals surface area (Å²) >= 11 is 0. The first-order valence-corrected chi connectivity index (χ1v) is 16.8. The van der Waals surface area contributed by atoms with E-state index in [4.69, 9.17) is 4.98 Å². The highest BCUT2D eigenvalue weighted by atomic mass is 14.7. The minimum atomic E-state index is 0.939. The van der Waals surface area contributed by atoms with Crippen LogP contribution < -0.4 is 0 Å². The average Bonchev–Trinajstić information content (AvgIpc) is 3.19. The van der Waals surface area contributed by atoms with E-state index in [1.165, 1.54) is 55.6 Å². The second kappa shape index (κ2) is 13.4. The predicted molar refractivity (Wildman–Crippen MR) is 207 cm³/mol. The molecule has 232 valence electrons. The summed E-state index contributed by atoms with van der Waals surface area (Å²) in [7, 11) is 0. The molecule has 1 heteroatoms. The largest absolute Gasteiger partial charge is 0.248 e. The number of pyridine rings is 1. The molecule has 0 radical (unpaired) electrons. The van der Waals surface area contributed by atoms with E-state index < -0.39 is 0 Å². The molecule has 1 nitrogen and oxygen atoms in total. The van der Waals surface area contributed by atoms with Gasteiger partial charge in [-0.3, -0.25) is 0 Å². The van der Waals surface area contributed by atoms with Gasteiger partial charge in [-0.2, -0.15) is 0 Å². The molecule has 0 bridgehead atoms. The van der Waals surface area contributed by atoms with E-state index in [0.29, 0.717) is 0 Å². The molecule has 0 N–H and O–H groups in total. The van der Waals surface area contributed by atoms with Crippen molar-refractivity contribution >= 4 is 0 Å². The monoisotopic (exact) mass is 625 g/mol. The van der Waals surface area contributed by atoms with Crippen molar-refractivity contribution in [2.75, 3.05) is 0 Å². The Hall–Kier alpha value is -6.31. The van der Waals surface area contributed by atoms with Crippen LogP contribution in [-0.4, -0.2) is 4.98 Å². The summed E-state index contributed by atoms with van der Waals surface area (Å²) in [6.07, 6.45) is 0. The van der Waals surface area contributed by atoms with Crippen LogP contribution in [0.4, 0.5) is 0 Å². The molecule has 0 fully saturated rings. The minimum Gasteiger partial charge on any atom is -0.248 e. The number of hydrogen-bond donors (Lipinski definition) is 0. The Balaban J connectivity index is 1.37. The van der Waals surface area contributed by atoms with Crippen LogP contribution in [0.25, 0.3) is 78.1 Å². The van der Waals surface area contributed by atoms with Gasteiger partial charge < -0.3 is 0 Å². The highest BCUT2D eigenvalue weighted by Gasteiger charge is 2.14. The standard InChI is InChI=1S/C48H35N/c1-34-22-24-39(25-23-34)44-32-47(45-28-40(35-14-6-2-7-15-35)26-41(29-45)36-16-8-3-9-17-36)49-48(33-44)46-30-42(37-18-10-4-11-19-37)27-43(31-46)38-20-12-5-13-21-38/h2-33H,1H3. The summed E-state index contributed by atoms with van der Waals surface area (Å²) in [4.78, 5) is 5.46. The number of aromatic nitrogens is 1. The maximum absolute atomic E-state index is 5.46. The average molecular weight is 626 g/mol. The lowest BCUT2D eigenvalue weighted by atomic mass is 9.92. The van der Waals surface area contributed by atoms with E-state index >= 15 is 0 Å². The lowest BCUT2D eigenvalue weighted by Crippen LogP contribution is -1.94. The third-order valence-corrected chi connectivity index (χ3v) is 9.10. The van der Waals surface area contributed by atoms with Crippen molar-refractivity contribution < 1.29 is 0 Å². The SMILES string of the molecule is Cc1ccc(-c2cc(-c3cc(-c4ccccc4)cc(-c4ccccc4)c3)nc(-c3cc(-c4ccccc4)cc(-c4ccccc4)c3)c2)cc1. The smallest absolute Gasteiger partial charge is 0.0716 e. The molecule has 0 saturated carbocycles. The molecule has 1 heterocycles. The Kier molecular flexibility index (Phi) is 8.24. The molecule has 0 aliphatic rings. The summed E-state index contributed by atoms with van der Waals surface area (Å²) in [6.45, 7) is 2.13. The van der Waals surface area contributed by atoms with Gasteiger partial charge in [0.05, 0.1) is 11.4 Å². The molecular weight excluding hydrogens is 591 g/mol. The molecule has 1 aromatic heterocycles. The van der Waals surface area contributed by atoms with Gasteiger partial charge in [0, 0.05) is 11.1 Å². The van der Waals surface area contributed by atoms with Crippen LogP contribution in [0.1, 0.15) is 5.56 Å². The Morgan fingerprint density at radius 3 is 0.837 bits per heavy atom. The molecule has 0 saturated heterocycles. The quantitative estimate of drug-likeness (QED) is 0.172. The van der Waals surface area contributed by atoms with Crippen molar-refractivity contribution in [1.82, 2.24) is 4.98 Å². The highest BCUT2D eigenvalue weighted by molar-refractivity contribution is 5.85. The first-order valence-electron chi connectivity index (χ1n) is 16.8. The molecule has 8 aromatic rings. The van der Waals surface area contributed by atoms with Gasteiger partial charge in [-0.15, -0.1) is 0 Å². The normalized spacial score (nSPS) is 11.0. The molecule has 49 heavy (non-hydrogen) atoms. The third-order valence-electron chi connectivity index (χ3n) is 9.10. The lowest BCUT2D eigenvalue weighted by Gasteiger charge is -2.15. The van der Waals surface area contributed by atoms with Crippen LogP contribution in [0, 0.1) is 6.92 Å². The fourth-order valence-corrected chi connectivity index (χ4v) is 6.48. The molecule has 0 amide bonds. The van der Waals surface area contributed by atoms with Crippen LogP contribution >= 0.6 is 0 Å². The summed E-state index contributed by atoms with van der Waals surface area (Å²) < 4.78 is 0. The number of rotatable bonds is 7. The Bertz CT molecular complexity index is 2080. The van der Waals surface area contributed by atoms with Crippen molar-refractivity contribution in [1.29, 1.82) is 0 Å². The zero-order chi connectivity index (χ0) is 33.0. The minimum absolute atomic E-state index is 0.939. The van der Waals surface area contributed by atoms with Crippen LogP contribution in [0.5, 0.6) is 0 Å². The van der Waals surface area contributed by atoms with Crippen molar-refractivity contribution in [3.63, 3.8) is 0 Å². The fourth-order valence-electron chi connectivity index (χ4n) is 6.48. The van der Waals surface area contributed by atoms with E-state index in [0.717, 1.165) is 28.1 Å². The maximum atomic E-state index is 5.46. The van der Waals surface area contributed by atoms with Gasteiger partial charge in [-0.1, -0.05) is 151 Å². The summed E-state index contributed by atoms with van der Waals surface area (Å²) in [5.41, 5.74) is 17.0. The lowest BCUT2D eigenvalue weighted by molar-refractivity contribution is 1.32. The fraction of sp³-hybridized carbons (Fsp3) is 0.0208. The zero-order valence-electron chi connectivity index (χ0n) is 27.4. The van der Waals surface area contributed by atoms with Gasteiger partial charge in [0.1, 0.15) is 0 Å². The van der Waals surface area contributed by atoms with Crippen molar-refractivity contribution in [2.45, 2.75) is 6.92 Å². The van der Waals surface area contributed by atoms with E-state index in [9.17, 15) is 0 Å². The van der Waals surface area contributed by atoms with Gasteiger partial charge >= 0.3 is 0 Å². The molecular formula is C48H35N. The molecule has 0 aliphatic heterocycles. The van der Waals surface area contributed by atoms with E-state index in [1.54, 1.807) is 0 Å². The summed E-state index contributed by atoms with van der Waals surface area (Å²) in [6, 6.07) is 69.4. The van der Waals surface area contributed by atoms with Crippen molar-refractivity contribution in [3.05, 3.63) is 200 Å². The number of hydrogen-bond acceptors (Lipinski definition) is 1. The third kappa shape index (κ3) is 6.61. The first-order chi connectivity index (χ1) is 24.2. The number of nitrogens with zero attached hydrogens (tertiary/aromatic N) is 1. The Morgan fingerprint density at radius 2 is 0.510 bits per heavy atom. The van der Waals surface area contributed by atoms with Gasteiger partial charge in [-0.05, 0) is 111 Å². The summed E-state index contributed by atoms with van der Waals surface area (Å²) in [5.74, 6) is 0. The number of benzene rings is 7. The van der Waals surface area contributed by atoms with E-state index in [2.05, 4.69) is 201 Å². The Labute approximate surface area is 288 Å². The van der Waals surface area contributed by atoms with Crippen LogP contribution in [0.15, 0.2) is 194 Å². The number of aryl methyl sites for hydroxylation is 1. The second-order valence-electron chi connectivity index (χ2n) is 12.6. The molecule has 0 spiro atoms. The van der Waals surface area contributed by atoms with Gasteiger partial charge in [-0.25, -0.2) is 4.98 Å². The molecule has 7 aromatic carbocycles. The Morgan fingerprint density at radius 1 is 0.245 bits per heavy atom. The van der Waals surface area contributed by atoms with Gasteiger partial charge in [0.2, 0.25) is 0 Å². The van der Waals surface area contributed by atoms with E-state index in [-0.39, 0.29) is 0 Å². The van der Waals surface area contributed by atoms with Crippen molar-refractivity contribution in [3.8, 4) is 78.1 Å². The predicted octanol–water partition coefficient (Wildman–Crippen LogP) is 13.1. The second-order valence-corrected chi connectivity index (χ2v) is 12.6. The van der Waals surface area contributed by atoms with Crippen LogP contribution in [0.3, 0.4) is 0 Å². The molecule has 0 unspecified atom stereocenters. The molecule has 0 atom stereocenters. The van der Waals surface area contributed by atoms with Gasteiger partial charge in [0.15, 0.2) is 0 Å². The van der Waals surface area contributed by atoms with Crippen molar-refractivity contribution in [2.24, 2.45) is 0 Å². The zero-order valence-corrected chi connectivity index (χ0v) is 27.4.